The van der Waals surface area contributed by atoms with E-state index in [1.165, 1.54) is 11.9 Å². The monoisotopic (exact) mass is 579 g/mol. The summed E-state index contributed by atoms with van der Waals surface area (Å²) in [4.78, 5) is 26.4. The second-order valence-corrected chi connectivity index (χ2v) is 15.1. The van der Waals surface area contributed by atoms with Crippen LogP contribution in [0.25, 0.3) is 0 Å². The average molecular weight is 580 g/mol. The molecule has 0 radical (unpaired) electrons. The molecule has 1 aromatic carbocycles. The largest absolute Gasteiger partial charge is 0.338 e. The Morgan fingerprint density at radius 2 is 1.51 bits per heavy atom. The van der Waals surface area contributed by atoms with Gasteiger partial charge in [0, 0.05) is 39.3 Å². The van der Waals surface area contributed by atoms with E-state index in [-0.39, 0.29) is 11.2 Å². The molecule has 0 bridgehead atoms. The van der Waals surface area contributed by atoms with E-state index >= 15 is 0 Å². The molecule has 6 rings (SSSR count). The van der Waals surface area contributed by atoms with Gasteiger partial charge in [-0.2, -0.15) is 0 Å². The summed E-state index contributed by atoms with van der Waals surface area (Å²) in [7, 11) is -3.15. The Morgan fingerprint density at radius 1 is 0.902 bits per heavy atom. The number of aryl methyl sites for hydroxylation is 2. The van der Waals surface area contributed by atoms with Crippen molar-refractivity contribution in [3.8, 4) is 0 Å². The average Bonchev–Trinajstić information content (AvgIpc) is 3.72. The molecule has 4 fully saturated rings. The Kier molecular flexibility index (Phi) is 8.48. The number of hydrogen-bond donors (Lipinski definition) is 0. The molecule has 0 N–H and O–H groups in total. The van der Waals surface area contributed by atoms with Crippen molar-refractivity contribution in [1.82, 2.24) is 24.1 Å². The quantitative estimate of drug-likeness (QED) is 0.465. The molecule has 1 saturated carbocycles. The maximum absolute atomic E-state index is 13.3. The molecule has 8 nitrogen and oxygen atoms in total. The standard InChI is InChI=1S/C32H45N5O3S/c1-23-31(24(2)34-22-33-23)32(38)36-20-27-18-35(19-28(27)21-36)15-14-30(25-8-4-3-5-9-25)26-12-16-37(17-13-26)41(39,40)29-10-6-7-11-29/h3-5,8-9,22,26-30H,6-7,10-21H2,1-2H3. The molecule has 4 aliphatic rings. The smallest absolute Gasteiger partial charge is 0.257 e. The Balaban J connectivity index is 1.05. The number of aromatic nitrogens is 2. The van der Waals surface area contributed by atoms with Gasteiger partial charge in [-0.15, -0.1) is 0 Å². The van der Waals surface area contributed by atoms with Gasteiger partial charge in [0.1, 0.15) is 6.33 Å². The van der Waals surface area contributed by atoms with E-state index in [4.69, 9.17) is 0 Å². The van der Waals surface area contributed by atoms with E-state index in [9.17, 15) is 13.2 Å². The van der Waals surface area contributed by atoms with Crippen LogP contribution < -0.4 is 0 Å². The lowest BCUT2D eigenvalue weighted by atomic mass is 9.78. The van der Waals surface area contributed by atoms with E-state index in [2.05, 4.69) is 45.2 Å². The summed E-state index contributed by atoms with van der Waals surface area (Å²) < 4.78 is 28.2. The SMILES string of the molecule is Cc1ncnc(C)c1C(=O)N1CC2CN(CCC(c3ccccc3)C3CCN(S(=O)(=O)C4CCCC4)CC3)CC2C1. The van der Waals surface area contributed by atoms with Gasteiger partial charge in [0.05, 0.1) is 22.2 Å². The van der Waals surface area contributed by atoms with Crippen molar-refractivity contribution in [2.45, 2.75) is 70.0 Å². The summed E-state index contributed by atoms with van der Waals surface area (Å²) in [5, 5.41) is -0.154. The first-order chi connectivity index (χ1) is 19.8. The van der Waals surface area contributed by atoms with Crippen molar-refractivity contribution in [2.24, 2.45) is 17.8 Å². The van der Waals surface area contributed by atoms with Gasteiger partial charge >= 0.3 is 0 Å². The van der Waals surface area contributed by atoms with Gasteiger partial charge in [0.15, 0.2) is 0 Å². The predicted octanol–water partition coefficient (Wildman–Crippen LogP) is 4.26. The zero-order chi connectivity index (χ0) is 28.6. The number of benzene rings is 1. The first-order valence-electron chi connectivity index (χ1n) is 15.6. The minimum absolute atomic E-state index is 0.0759. The fraction of sp³-hybridized carbons (Fsp3) is 0.656. The van der Waals surface area contributed by atoms with Crippen molar-refractivity contribution in [3.05, 3.63) is 59.2 Å². The lowest BCUT2D eigenvalue weighted by molar-refractivity contribution is 0.0771. The third-order valence-electron chi connectivity index (χ3n) is 10.4. The Morgan fingerprint density at radius 3 is 2.12 bits per heavy atom. The number of amides is 1. The van der Waals surface area contributed by atoms with Crippen LogP contribution in [-0.2, 0) is 10.0 Å². The summed E-state index contributed by atoms with van der Waals surface area (Å²) in [6.45, 7) is 9.85. The van der Waals surface area contributed by atoms with Gasteiger partial charge in [0.2, 0.25) is 10.0 Å². The lowest BCUT2D eigenvalue weighted by Crippen LogP contribution is -2.43. The van der Waals surface area contributed by atoms with Crippen molar-refractivity contribution in [3.63, 3.8) is 0 Å². The summed E-state index contributed by atoms with van der Waals surface area (Å²) in [5.74, 6) is 2.05. The Bertz CT molecular complexity index is 1290. The summed E-state index contributed by atoms with van der Waals surface area (Å²) >= 11 is 0. The molecule has 1 aliphatic carbocycles. The maximum Gasteiger partial charge on any atom is 0.257 e. The summed E-state index contributed by atoms with van der Waals surface area (Å²) in [6, 6.07) is 10.9. The van der Waals surface area contributed by atoms with Crippen molar-refractivity contribution in [2.75, 3.05) is 45.8 Å². The van der Waals surface area contributed by atoms with E-state index in [1.807, 2.05) is 18.7 Å². The molecule has 3 atom stereocenters. The molecule has 2 aromatic rings. The minimum Gasteiger partial charge on any atom is -0.338 e. The van der Waals surface area contributed by atoms with Crippen LogP contribution in [0.3, 0.4) is 0 Å². The van der Waals surface area contributed by atoms with Gasteiger partial charge in [-0.3, -0.25) is 4.79 Å². The molecule has 1 aromatic heterocycles. The summed E-state index contributed by atoms with van der Waals surface area (Å²) in [6.07, 6.45) is 8.26. The third kappa shape index (κ3) is 5.95. The summed E-state index contributed by atoms with van der Waals surface area (Å²) in [5.41, 5.74) is 3.57. The van der Waals surface area contributed by atoms with Crippen molar-refractivity contribution < 1.29 is 13.2 Å². The zero-order valence-corrected chi connectivity index (χ0v) is 25.4. The van der Waals surface area contributed by atoms with Crippen LogP contribution in [0.4, 0.5) is 0 Å². The molecule has 4 heterocycles. The van der Waals surface area contributed by atoms with Crippen LogP contribution >= 0.6 is 0 Å². The molecular weight excluding hydrogens is 534 g/mol. The van der Waals surface area contributed by atoms with Gasteiger partial charge in [0.25, 0.3) is 5.91 Å². The minimum atomic E-state index is -3.15. The van der Waals surface area contributed by atoms with Crippen LogP contribution in [0.5, 0.6) is 0 Å². The Hall–Kier alpha value is -2.36. The second kappa shape index (κ2) is 12.1. The molecule has 3 unspecified atom stereocenters. The van der Waals surface area contributed by atoms with Gasteiger partial charge in [-0.05, 0) is 81.7 Å². The molecule has 9 heteroatoms. The zero-order valence-electron chi connectivity index (χ0n) is 24.6. The second-order valence-electron chi connectivity index (χ2n) is 12.9. The van der Waals surface area contributed by atoms with E-state index in [0.717, 1.165) is 89.1 Å². The number of likely N-dealkylation sites (tertiary alicyclic amines) is 2. The van der Waals surface area contributed by atoms with E-state index in [1.54, 1.807) is 4.31 Å². The first-order valence-corrected chi connectivity index (χ1v) is 17.2. The van der Waals surface area contributed by atoms with Crippen LogP contribution in [0.1, 0.15) is 78.2 Å². The fourth-order valence-electron chi connectivity index (χ4n) is 8.13. The predicted molar refractivity (Wildman–Crippen MR) is 160 cm³/mol. The van der Waals surface area contributed by atoms with Crippen molar-refractivity contribution in [1.29, 1.82) is 0 Å². The molecule has 3 aliphatic heterocycles. The molecule has 3 saturated heterocycles. The highest BCUT2D eigenvalue weighted by Crippen LogP contribution is 2.39. The number of sulfonamides is 1. The molecule has 0 spiro atoms. The maximum atomic E-state index is 13.3. The molecular formula is C32H45N5O3S. The Labute approximate surface area is 245 Å². The van der Waals surface area contributed by atoms with E-state index in [0.29, 0.717) is 42.3 Å². The van der Waals surface area contributed by atoms with Crippen LogP contribution in [0.2, 0.25) is 0 Å². The fourth-order valence-corrected chi connectivity index (χ4v) is 10.2. The molecule has 41 heavy (non-hydrogen) atoms. The third-order valence-corrected chi connectivity index (χ3v) is 12.8. The van der Waals surface area contributed by atoms with Crippen LogP contribution in [0.15, 0.2) is 36.7 Å². The molecule has 222 valence electrons. The van der Waals surface area contributed by atoms with Crippen LogP contribution in [-0.4, -0.2) is 89.5 Å². The van der Waals surface area contributed by atoms with Crippen molar-refractivity contribution >= 4 is 15.9 Å². The number of rotatable bonds is 8. The number of nitrogens with zero attached hydrogens (tertiary/aromatic N) is 5. The number of fused-ring (bicyclic) bond motifs is 1. The number of hydrogen-bond acceptors (Lipinski definition) is 6. The topological polar surface area (TPSA) is 86.7 Å². The normalized spacial score (nSPS) is 25.6. The first kappa shape index (κ1) is 28.7. The van der Waals surface area contributed by atoms with E-state index < -0.39 is 10.0 Å². The van der Waals surface area contributed by atoms with Gasteiger partial charge < -0.3 is 9.80 Å². The van der Waals surface area contributed by atoms with Crippen LogP contribution in [0, 0.1) is 31.6 Å². The highest BCUT2D eigenvalue weighted by Gasteiger charge is 2.43. The lowest BCUT2D eigenvalue weighted by Gasteiger charge is -2.37. The van der Waals surface area contributed by atoms with Gasteiger partial charge in [-0.1, -0.05) is 43.2 Å². The van der Waals surface area contributed by atoms with Gasteiger partial charge in [-0.25, -0.2) is 22.7 Å². The highest BCUT2D eigenvalue weighted by molar-refractivity contribution is 7.89. The number of piperidine rings is 1. The highest BCUT2D eigenvalue weighted by atomic mass is 32.2. The number of carbonyl (C=O) groups excluding carboxylic acids is 1. The molecule has 1 amide bonds. The number of carbonyl (C=O) groups is 1.